The quantitative estimate of drug-likeness (QED) is 0.795. The van der Waals surface area contributed by atoms with Crippen LogP contribution in [0, 0.1) is 0 Å². The van der Waals surface area contributed by atoms with Gasteiger partial charge in [0.15, 0.2) is 5.79 Å². The first-order chi connectivity index (χ1) is 13.3. The molecule has 1 saturated heterocycles. The number of pyridine rings is 1. The predicted molar refractivity (Wildman–Crippen MR) is 106 cm³/mol. The summed E-state index contributed by atoms with van der Waals surface area (Å²) in [6.07, 6.45) is 9.50. The van der Waals surface area contributed by atoms with Crippen LogP contribution in [0.2, 0.25) is 0 Å². The van der Waals surface area contributed by atoms with Gasteiger partial charge in [-0.2, -0.15) is 0 Å². The van der Waals surface area contributed by atoms with Crippen molar-refractivity contribution in [2.75, 3.05) is 13.2 Å². The number of rotatable bonds is 7. The summed E-state index contributed by atoms with van der Waals surface area (Å²) in [5.74, 6) is -0.310. The van der Waals surface area contributed by atoms with Crippen LogP contribution in [-0.4, -0.2) is 29.5 Å². The van der Waals surface area contributed by atoms with E-state index in [1.165, 1.54) is 18.4 Å². The van der Waals surface area contributed by atoms with Crippen molar-refractivity contribution in [2.24, 2.45) is 0 Å². The summed E-state index contributed by atoms with van der Waals surface area (Å²) in [6.45, 7) is 2.30. The summed E-state index contributed by atoms with van der Waals surface area (Å²) in [5.41, 5.74) is 2.67. The fraction of sp³-hybridized carbons (Fsp3) is 0.522. The third-order valence-corrected chi connectivity index (χ3v) is 6.12. The lowest BCUT2D eigenvalue weighted by Gasteiger charge is -2.44. The molecule has 4 heteroatoms. The third-order valence-electron chi connectivity index (χ3n) is 6.12. The van der Waals surface area contributed by atoms with Gasteiger partial charge >= 0.3 is 0 Å². The maximum absolute atomic E-state index is 5.95. The van der Waals surface area contributed by atoms with E-state index in [0.717, 1.165) is 57.6 Å². The molecule has 2 heterocycles. The van der Waals surface area contributed by atoms with E-state index in [4.69, 9.17) is 9.47 Å². The number of hydrogen-bond acceptors (Lipinski definition) is 4. The van der Waals surface area contributed by atoms with Crippen LogP contribution in [0.25, 0.3) is 0 Å². The number of hydrogen-bond donors (Lipinski definition) is 1. The Bertz CT molecular complexity index is 689. The summed E-state index contributed by atoms with van der Waals surface area (Å²) in [4.78, 5) is 4.48. The first-order valence-electron chi connectivity index (χ1n) is 10.2. The minimum absolute atomic E-state index is 0.146. The molecule has 0 radical (unpaired) electrons. The summed E-state index contributed by atoms with van der Waals surface area (Å²) < 4.78 is 11.9. The van der Waals surface area contributed by atoms with Gasteiger partial charge in [0.25, 0.3) is 0 Å². The van der Waals surface area contributed by atoms with Gasteiger partial charge in [0, 0.05) is 31.1 Å². The second-order valence-electron chi connectivity index (χ2n) is 7.90. The molecule has 1 spiro atoms. The van der Waals surface area contributed by atoms with Crippen LogP contribution < -0.4 is 5.32 Å². The van der Waals surface area contributed by atoms with Crippen LogP contribution in [-0.2, 0) is 22.4 Å². The summed E-state index contributed by atoms with van der Waals surface area (Å²) >= 11 is 0. The highest BCUT2D eigenvalue weighted by atomic mass is 16.7. The Morgan fingerprint density at radius 1 is 0.889 bits per heavy atom. The summed E-state index contributed by atoms with van der Waals surface area (Å²) in [7, 11) is 0. The van der Waals surface area contributed by atoms with Crippen LogP contribution in [0.4, 0.5) is 0 Å². The van der Waals surface area contributed by atoms with Crippen molar-refractivity contribution in [3.05, 3.63) is 66.0 Å². The third kappa shape index (κ3) is 4.75. The highest BCUT2D eigenvalue weighted by Crippen LogP contribution is 2.42. The van der Waals surface area contributed by atoms with Crippen molar-refractivity contribution in [2.45, 2.75) is 62.8 Å². The standard InChI is InChI=1S/C23H30N2O2/c1-2-7-20(8-3-1)9-6-11-22(25-19-21-10-4-5-16-24-21)12-14-23(15-13-22)26-17-18-27-23/h1-5,7-8,10,16,25H,6,9,11-15,17-19H2. The first-order valence-corrected chi connectivity index (χ1v) is 10.2. The van der Waals surface area contributed by atoms with Crippen molar-refractivity contribution in [3.63, 3.8) is 0 Å². The Morgan fingerprint density at radius 2 is 1.63 bits per heavy atom. The molecule has 4 rings (SSSR count). The molecule has 1 aliphatic heterocycles. The van der Waals surface area contributed by atoms with E-state index in [-0.39, 0.29) is 11.3 Å². The topological polar surface area (TPSA) is 43.4 Å². The van der Waals surface area contributed by atoms with Crippen molar-refractivity contribution in [3.8, 4) is 0 Å². The van der Waals surface area contributed by atoms with E-state index in [2.05, 4.69) is 52.8 Å². The van der Waals surface area contributed by atoms with Crippen molar-refractivity contribution >= 4 is 0 Å². The zero-order valence-corrected chi connectivity index (χ0v) is 16.0. The number of benzene rings is 1. The van der Waals surface area contributed by atoms with Gasteiger partial charge in [-0.1, -0.05) is 36.4 Å². The zero-order valence-electron chi connectivity index (χ0n) is 16.0. The Hall–Kier alpha value is -1.75. The number of aryl methyl sites for hydroxylation is 1. The van der Waals surface area contributed by atoms with Crippen LogP contribution in [0.1, 0.15) is 49.8 Å². The highest BCUT2D eigenvalue weighted by Gasteiger charge is 2.45. The minimum Gasteiger partial charge on any atom is -0.348 e. The maximum atomic E-state index is 5.95. The van der Waals surface area contributed by atoms with Gasteiger partial charge in [0.1, 0.15) is 0 Å². The molecule has 2 aliphatic rings. The van der Waals surface area contributed by atoms with Gasteiger partial charge in [0.2, 0.25) is 0 Å². The molecule has 4 nitrogen and oxygen atoms in total. The fourth-order valence-electron chi connectivity index (χ4n) is 4.47. The van der Waals surface area contributed by atoms with Crippen molar-refractivity contribution in [1.29, 1.82) is 0 Å². The lowest BCUT2D eigenvalue weighted by atomic mass is 9.75. The van der Waals surface area contributed by atoms with Gasteiger partial charge < -0.3 is 14.8 Å². The molecule has 0 atom stereocenters. The molecular weight excluding hydrogens is 336 g/mol. The molecule has 1 aromatic carbocycles. The lowest BCUT2D eigenvalue weighted by molar-refractivity contribution is -0.187. The smallest absolute Gasteiger partial charge is 0.168 e. The SMILES string of the molecule is c1ccc(CCCC2(NCc3ccccn3)CCC3(CC2)OCCO3)cc1. The van der Waals surface area contributed by atoms with Gasteiger partial charge in [-0.3, -0.25) is 4.98 Å². The van der Waals surface area contributed by atoms with E-state index in [1.54, 1.807) is 0 Å². The van der Waals surface area contributed by atoms with Gasteiger partial charge in [0.05, 0.1) is 18.9 Å². The molecule has 1 saturated carbocycles. The molecule has 0 bridgehead atoms. The molecule has 1 aromatic heterocycles. The zero-order chi connectivity index (χ0) is 18.4. The Labute approximate surface area is 162 Å². The summed E-state index contributed by atoms with van der Waals surface area (Å²) in [5, 5.41) is 3.87. The predicted octanol–water partition coefficient (Wildman–Crippen LogP) is 4.25. The monoisotopic (exact) mass is 366 g/mol. The molecule has 1 aliphatic carbocycles. The van der Waals surface area contributed by atoms with Gasteiger partial charge in [-0.15, -0.1) is 0 Å². The molecule has 0 unspecified atom stereocenters. The minimum atomic E-state index is -0.310. The van der Waals surface area contributed by atoms with Gasteiger partial charge in [-0.25, -0.2) is 0 Å². The molecule has 0 amide bonds. The normalized spacial score (nSPS) is 20.7. The van der Waals surface area contributed by atoms with E-state index in [9.17, 15) is 0 Å². The number of nitrogens with one attached hydrogen (secondary N) is 1. The van der Waals surface area contributed by atoms with Crippen LogP contribution >= 0.6 is 0 Å². The van der Waals surface area contributed by atoms with Gasteiger partial charge in [-0.05, 0) is 49.8 Å². The van der Waals surface area contributed by atoms with Crippen LogP contribution in [0.3, 0.4) is 0 Å². The average Bonchev–Trinajstić information content (AvgIpc) is 3.19. The lowest BCUT2D eigenvalue weighted by Crippen LogP contribution is -2.52. The van der Waals surface area contributed by atoms with E-state index in [1.807, 2.05) is 12.3 Å². The number of aromatic nitrogens is 1. The number of ether oxygens (including phenoxy) is 2. The van der Waals surface area contributed by atoms with E-state index < -0.39 is 0 Å². The molecule has 2 aromatic rings. The average molecular weight is 367 g/mol. The highest BCUT2D eigenvalue weighted by molar-refractivity contribution is 5.15. The van der Waals surface area contributed by atoms with E-state index in [0.29, 0.717) is 0 Å². The number of nitrogens with zero attached hydrogens (tertiary/aromatic N) is 1. The van der Waals surface area contributed by atoms with Crippen LogP contribution in [0.15, 0.2) is 54.7 Å². The molecular formula is C23H30N2O2. The second-order valence-corrected chi connectivity index (χ2v) is 7.90. The largest absolute Gasteiger partial charge is 0.348 e. The Balaban J connectivity index is 1.38. The summed E-state index contributed by atoms with van der Waals surface area (Å²) in [6, 6.07) is 16.9. The fourth-order valence-corrected chi connectivity index (χ4v) is 4.47. The maximum Gasteiger partial charge on any atom is 0.168 e. The molecule has 1 N–H and O–H groups in total. The molecule has 2 fully saturated rings. The van der Waals surface area contributed by atoms with E-state index >= 15 is 0 Å². The Morgan fingerprint density at radius 3 is 2.33 bits per heavy atom. The molecule has 144 valence electrons. The van der Waals surface area contributed by atoms with Crippen molar-refractivity contribution < 1.29 is 9.47 Å². The first kappa shape index (κ1) is 18.6. The van der Waals surface area contributed by atoms with Crippen LogP contribution in [0.5, 0.6) is 0 Å². The second kappa shape index (κ2) is 8.51. The molecule has 27 heavy (non-hydrogen) atoms. The Kier molecular flexibility index (Phi) is 5.86. The van der Waals surface area contributed by atoms with Crippen molar-refractivity contribution in [1.82, 2.24) is 10.3 Å².